The van der Waals surface area contributed by atoms with Crippen molar-refractivity contribution in [1.82, 2.24) is 15.1 Å². The summed E-state index contributed by atoms with van der Waals surface area (Å²) in [4.78, 5) is 14.2. The zero-order valence-electron chi connectivity index (χ0n) is 14.2. The van der Waals surface area contributed by atoms with Gasteiger partial charge in [0.1, 0.15) is 5.75 Å². The number of aromatic nitrogens is 2. The average molecular weight is 317 g/mol. The van der Waals surface area contributed by atoms with Gasteiger partial charge < -0.3 is 14.1 Å². The first-order valence-electron chi connectivity index (χ1n) is 7.64. The Hall–Kier alpha value is -2.37. The van der Waals surface area contributed by atoms with E-state index in [2.05, 4.69) is 10.2 Å². The molecule has 0 aliphatic carbocycles. The average Bonchev–Trinajstić information content (AvgIpc) is 2.89. The summed E-state index contributed by atoms with van der Waals surface area (Å²) in [7, 11) is 1.71. The summed E-state index contributed by atoms with van der Waals surface area (Å²) < 4.78 is 11.2. The number of carbonyl (C=O) groups is 1. The molecule has 0 unspecified atom stereocenters. The van der Waals surface area contributed by atoms with Crippen molar-refractivity contribution in [3.05, 3.63) is 41.6 Å². The number of hydrogen-bond donors (Lipinski definition) is 0. The second-order valence-corrected chi connectivity index (χ2v) is 6.01. The van der Waals surface area contributed by atoms with Crippen molar-refractivity contribution >= 4 is 5.91 Å². The minimum atomic E-state index is -0.564. The number of nitrogens with zero attached hydrogens (tertiary/aromatic N) is 3. The van der Waals surface area contributed by atoms with E-state index in [-0.39, 0.29) is 18.4 Å². The molecule has 0 spiro atoms. The predicted octanol–water partition coefficient (Wildman–Crippen LogP) is 2.75. The minimum absolute atomic E-state index is 0.0369. The van der Waals surface area contributed by atoms with Gasteiger partial charge in [0.15, 0.2) is 6.10 Å². The largest absolute Gasteiger partial charge is 0.480 e. The second-order valence-electron chi connectivity index (χ2n) is 6.01. The van der Waals surface area contributed by atoms with Crippen molar-refractivity contribution in [2.24, 2.45) is 5.92 Å². The van der Waals surface area contributed by atoms with Crippen molar-refractivity contribution in [2.75, 3.05) is 7.05 Å². The van der Waals surface area contributed by atoms with Gasteiger partial charge in [-0.1, -0.05) is 26.0 Å². The third kappa shape index (κ3) is 4.55. The number of carbonyl (C=O) groups excluding carboxylic acids is 1. The third-order valence-electron chi connectivity index (χ3n) is 3.42. The van der Waals surface area contributed by atoms with E-state index in [0.717, 1.165) is 5.56 Å². The zero-order valence-corrected chi connectivity index (χ0v) is 14.2. The molecular weight excluding hydrogens is 294 g/mol. The number of amides is 1. The number of benzene rings is 1. The van der Waals surface area contributed by atoms with E-state index in [1.54, 1.807) is 18.9 Å². The number of hydrogen-bond acceptors (Lipinski definition) is 5. The summed E-state index contributed by atoms with van der Waals surface area (Å²) in [5.41, 5.74) is 1.09. The summed E-state index contributed by atoms with van der Waals surface area (Å²) in [5, 5.41) is 7.69. The number of likely N-dealkylation sites (N-methyl/N-ethyl adjacent to an activating group) is 1. The molecule has 6 nitrogen and oxygen atoms in total. The van der Waals surface area contributed by atoms with Crippen molar-refractivity contribution in [2.45, 2.75) is 40.3 Å². The van der Waals surface area contributed by atoms with E-state index in [0.29, 0.717) is 17.5 Å². The van der Waals surface area contributed by atoms with Crippen molar-refractivity contribution < 1.29 is 13.9 Å². The topological polar surface area (TPSA) is 68.5 Å². The molecule has 0 aliphatic heterocycles. The maximum Gasteiger partial charge on any atom is 0.264 e. The van der Waals surface area contributed by atoms with Gasteiger partial charge in [-0.3, -0.25) is 4.79 Å². The first-order chi connectivity index (χ1) is 10.9. The Balaban J connectivity index is 2.08. The van der Waals surface area contributed by atoms with Gasteiger partial charge >= 0.3 is 0 Å². The second kappa shape index (κ2) is 7.26. The molecule has 23 heavy (non-hydrogen) atoms. The van der Waals surface area contributed by atoms with E-state index in [4.69, 9.17) is 9.15 Å². The van der Waals surface area contributed by atoms with Crippen LogP contribution in [0.4, 0.5) is 0 Å². The molecule has 1 atom stereocenters. The normalized spacial score (nSPS) is 12.3. The maximum atomic E-state index is 12.7. The van der Waals surface area contributed by atoms with Crippen molar-refractivity contribution in [1.29, 1.82) is 0 Å². The van der Waals surface area contributed by atoms with Gasteiger partial charge in [0.25, 0.3) is 5.91 Å². The highest BCUT2D eigenvalue weighted by molar-refractivity contribution is 5.81. The van der Waals surface area contributed by atoms with E-state index < -0.39 is 6.10 Å². The van der Waals surface area contributed by atoms with Gasteiger partial charge in [0.05, 0.1) is 6.54 Å². The first-order valence-corrected chi connectivity index (χ1v) is 7.64. The van der Waals surface area contributed by atoms with Crippen LogP contribution in [0.3, 0.4) is 0 Å². The molecule has 1 amide bonds. The molecule has 2 aromatic rings. The lowest BCUT2D eigenvalue weighted by Gasteiger charge is -2.26. The first kappa shape index (κ1) is 17.0. The Morgan fingerprint density at radius 1 is 1.30 bits per heavy atom. The van der Waals surface area contributed by atoms with E-state index in [9.17, 15) is 4.79 Å². The lowest BCUT2D eigenvalue weighted by atomic mass is 10.1. The van der Waals surface area contributed by atoms with Crippen LogP contribution in [0.5, 0.6) is 5.75 Å². The summed E-state index contributed by atoms with van der Waals surface area (Å²) >= 11 is 0. The maximum absolute atomic E-state index is 12.7. The molecule has 0 saturated carbocycles. The quantitative estimate of drug-likeness (QED) is 0.819. The van der Waals surface area contributed by atoms with Crippen LogP contribution >= 0.6 is 0 Å². The van der Waals surface area contributed by atoms with Crippen LogP contribution < -0.4 is 4.74 Å². The van der Waals surface area contributed by atoms with E-state index in [1.165, 1.54) is 0 Å². The Bertz CT molecular complexity index is 667. The summed E-state index contributed by atoms with van der Waals surface area (Å²) in [6.45, 7) is 7.89. The molecule has 6 heteroatoms. The van der Waals surface area contributed by atoms with Crippen LogP contribution in [0.15, 0.2) is 28.7 Å². The number of rotatable bonds is 6. The molecule has 0 fully saturated rings. The minimum Gasteiger partial charge on any atom is -0.480 e. The number of aryl methyl sites for hydroxylation is 2. The predicted molar refractivity (Wildman–Crippen MR) is 85.9 cm³/mol. The highest BCUT2D eigenvalue weighted by Gasteiger charge is 2.28. The molecule has 0 aliphatic rings. The van der Waals surface area contributed by atoms with E-state index in [1.807, 2.05) is 45.0 Å². The number of ether oxygens (including phenoxy) is 1. The Labute approximate surface area is 136 Å². The highest BCUT2D eigenvalue weighted by atomic mass is 16.5. The Morgan fingerprint density at radius 2 is 2.04 bits per heavy atom. The molecule has 1 aromatic heterocycles. The fourth-order valence-corrected chi connectivity index (χ4v) is 2.21. The standard InChI is InChI=1S/C17H23N3O3/c1-11(2)16(23-14-8-6-7-12(3)9-14)17(21)20(5)10-15-19-18-13(4)22-15/h6-9,11,16H,10H2,1-5H3/t16-/m1/s1. The molecule has 0 radical (unpaired) electrons. The molecule has 0 saturated heterocycles. The Kier molecular flexibility index (Phi) is 5.36. The molecular formula is C17H23N3O3. The fourth-order valence-electron chi connectivity index (χ4n) is 2.21. The van der Waals surface area contributed by atoms with Gasteiger partial charge in [0.2, 0.25) is 11.8 Å². The van der Waals surface area contributed by atoms with Crippen LogP contribution in [0.2, 0.25) is 0 Å². The molecule has 0 bridgehead atoms. The van der Waals surface area contributed by atoms with Crippen molar-refractivity contribution in [3.63, 3.8) is 0 Å². The van der Waals surface area contributed by atoms with E-state index >= 15 is 0 Å². The molecule has 0 N–H and O–H groups in total. The van der Waals surface area contributed by atoms with Crippen LogP contribution in [-0.2, 0) is 11.3 Å². The zero-order chi connectivity index (χ0) is 17.0. The van der Waals surface area contributed by atoms with Crippen LogP contribution in [-0.4, -0.2) is 34.2 Å². The molecule has 1 heterocycles. The summed E-state index contributed by atoms with van der Waals surface area (Å²) in [6.07, 6.45) is -0.564. The van der Waals surface area contributed by atoms with Crippen LogP contribution in [0, 0.1) is 19.8 Å². The van der Waals surface area contributed by atoms with Crippen LogP contribution in [0.25, 0.3) is 0 Å². The monoisotopic (exact) mass is 317 g/mol. The van der Waals surface area contributed by atoms with Gasteiger partial charge in [-0.2, -0.15) is 0 Å². The highest BCUT2D eigenvalue weighted by Crippen LogP contribution is 2.19. The summed E-state index contributed by atoms with van der Waals surface area (Å²) in [6, 6.07) is 7.68. The van der Waals surface area contributed by atoms with Gasteiger partial charge in [-0.25, -0.2) is 0 Å². The van der Waals surface area contributed by atoms with Gasteiger partial charge in [0, 0.05) is 14.0 Å². The third-order valence-corrected chi connectivity index (χ3v) is 3.42. The SMILES string of the molecule is Cc1cccc(O[C@@H](C(=O)N(C)Cc2nnc(C)o2)C(C)C)c1. The van der Waals surface area contributed by atoms with Crippen molar-refractivity contribution in [3.8, 4) is 5.75 Å². The summed E-state index contributed by atoms with van der Waals surface area (Å²) in [5.74, 6) is 1.51. The lowest BCUT2D eigenvalue weighted by Crippen LogP contribution is -2.42. The molecule has 124 valence electrons. The van der Waals surface area contributed by atoms with Gasteiger partial charge in [-0.05, 0) is 30.5 Å². The molecule has 1 aromatic carbocycles. The Morgan fingerprint density at radius 3 is 2.61 bits per heavy atom. The van der Waals surface area contributed by atoms with Gasteiger partial charge in [-0.15, -0.1) is 10.2 Å². The smallest absolute Gasteiger partial charge is 0.264 e. The fraction of sp³-hybridized carbons (Fsp3) is 0.471. The molecule has 2 rings (SSSR count). The lowest BCUT2D eigenvalue weighted by molar-refractivity contribution is -0.140. The van der Waals surface area contributed by atoms with Crippen LogP contribution in [0.1, 0.15) is 31.2 Å².